The molecule has 4 rings (SSSR count). The van der Waals surface area contributed by atoms with Gasteiger partial charge in [-0.15, -0.1) is 5.10 Å². The van der Waals surface area contributed by atoms with Crippen LogP contribution >= 0.6 is 0 Å². The Labute approximate surface area is 145 Å². The molecule has 25 heavy (non-hydrogen) atoms. The van der Waals surface area contributed by atoms with Gasteiger partial charge in [-0.1, -0.05) is 37.6 Å². The normalized spacial score (nSPS) is 10.9. The van der Waals surface area contributed by atoms with Gasteiger partial charge in [-0.25, -0.2) is 10.1 Å². The lowest BCUT2D eigenvalue weighted by Crippen LogP contribution is -1.93. The molecule has 0 spiro atoms. The summed E-state index contributed by atoms with van der Waals surface area (Å²) in [7, 11) is 0. The highest BCUT2D eigenvalue weighted by Gasteiger charge is 2.09. The van der Waals surface area contributed by atoms with Crippen LogP contribution in [0.2, 0.25) is 0 Å². The second-order valence-electron chi connectivity index (χ2n) is 5.89. The molecule has 0 aliphatic heterocycles. The van der Waals surface area contributed by atoms with E-state index >= 15 is 0 Å². The van der Waals surface area contributed by atoms with E-state index in [1.807, 2.05) is 10.8 Å². The van der Waals surface area contributed by atoms with Gasteiger partial charge in [0.2, 0.25) is 0 Å². The Morgan fingerprint density at radius 3 is 2.56 bits per heavy atom. The predicted molar refractivity (Wildman–Crippen MR) is 96.2 cm³/mol. The fourth-order valence-electron chi connectivity index (χ4n) is 3.01. The van der Waals surface area contributed by atoms with Crippen LogP contribution in [0.1, 0.15) is 18.9 Å². The van der Waals surface area contributed by atoms with Gasteiger partial charge in [0.15, 0.2) is 5.82 Å². The second-order valence-corrected chi connectivity index (χ2v) is 5.89. The van der Waals surface area contributed by atoms with Crippen LogP contribution in [-0.2, 0) is 6.42 Å². The highest BCUT2D eigenvalue weighted by molar-refractivity contribution is 5.72. The number of nitrogens with one attached hydrogen (secondary N) is 1. The van der Waals surface area contributed by atoms with E-state index in [0.717, 1.165) is 24.1 Å². The maximum absolute atomic E-state index is 4.10. The molecule has 0 unspecified atom stereocenters. The summed E-state index contributed by atoms with van der Waals surface area (Å²) < 4.78 is 2.00. The number of aryl methyl sites for hydroxylation is 1. The first kappa shape index (κ1) is 15.3. The maximum atomic E-state index is 4.10. The monoisotopic (exact) mass is 330 g/mol. The number of hydrogen-bond donors (Lipinski definition) is 1. The van der Waals surface area contributed by atoms with E-state index in [2.05, 4.69) is 75.0 Å². The molecule has 0 saturated heterocycles. The number of aromatic nitrogens is 6. The molecule has 0 aliphatic carbocycles. The Morgan fingerprint density at radius 2 is 1.88 bits per heavy atom. The van der Waals surface area contributed by atoms with E-state index in [1.54, 1.807) is 12.5 Å². The number of tetrazole rings is 1. The molecule has 4 aromatic rings. The van der Waals surface area contributed by atoms with Gasteiger partial charge in [0.1, 0.15) is 0 Å². The summed E-state index contributed by atoms with van der Waals surface area (Å²) in [6, 6.07) is 14.9. The van der Waals surface area contributed by atoms with Crippen molar-refractivity contribution in [3.63, 3.8) is 0 Å². The predicted octanol–water partition coefficient (Wildman–Crippen LogP) is 3.67. The smallest absolute Gasteiger partial charge is 0.179 e. The lowest BCUT2D eigenvalue weighted by molar-refractivity contribution is 0.881. The first-order valence-electron chi connectivity index (χ1n) is 8.31. The summed E-state index contributed by atoms with van der Waals surface area (Å²) in [5, 5.41) is 14.2. The number of rotatable bonds is 5. The summed E-state index contributed by atoms with van der Waals surface area (Å²) in [4.78, 5) is 4.10. The van der Waals surface area contributed by atoms with Crippen molar-refractivity contribution in [3.05, 3.63) is 66.7 Å². The van der Waals surface area contributed by atoms with Crippen molar-refractivity contribution < 1.29 is 0 Å². The molecule has 0 amide bonds. The lowest BCUT2D eigenvalue weighted by atomic mass is 9.94. The third-order valence-electron chi connectivity index (χ3n) is 4.22. The Bertz CT molecular complexity index is 940. The van der Waals surface area contributed by atoms with Gasteiger partial charge in [-0.3, -0.25) is 0 Å². The second kappa shape index (κ2) is 6.68. The van der Waals surface area contributed by atoms with Crippen molar-refractivity contribution in [2.24, 2.45) is 0 Å². The van der Waals surface area contributed by atoms with Crippen LogP contribution in [0.4, 0.5) is 0 Å². The van der Waals surface area contributed by atoms with Gasteiger partial charge < -0.3 is 4.57 Å². The molecule has 2 aromatic heterocycles. The van der Waals surface area contributed by atoms with Crippen LogP contribution < -0.4 is 0 Å². The first-order chi connectivity index (χ1) is 12.3. The molecule has 1 N–H and O–H groups in total. The molecule has 0 bridgehead atoms. The largest absolute Gasteiger partial charge is 0.306 e. The van der Waals surface area contributed by atoms with Crippen LogP contribution in [0.3, 0.4) is 0 Å². The van der Waals surface area contributed by atoms with Crippen molar-refractivity contribution in [2.75, 3.05) is 0 Å². The van der Waals surface area contributed by atoms with Crippen LogP contribution in [0.15, 0.2) is 61.2 Å². The molecule has 6 nitrogen and oxygen atoms in total. The van der Waals surface area contributed by atoms with Crippen molar-refractivity contribution in [3.8, 4) is 28.2 Å². The number of aromatic amines is 1. The highest BCUT2D eigenvalue weighted by atomic mass is 15.5. The van der Waals surface area contributed by atoms with Crippen LogP contribution in [-0.4, -0.2) is 30.2 Å². The van der Waals surface area contributed by atoms with Crippen LogP contribution in [0.5, 0.6) is 0 Å². The van der Waals surface area contributed by atoms with E-state index in [9.17, 15) is 0 Å². The van der Waals surface area contributed by atoms with Gasteiger partial charge in [0.25, 0.3) is 0 Å². The van der Waals surface area contributed by atoms with E-state index in [0.29, 0.717) is 5.82 Å². The molecule has 0 aliphatic rings. The average molecular weight is 330 g/mol. The molecule has 0 radical (unpaired) electrons. The quantitative estimate of drug-likeness (QED) is 0.606. The molecule has 124 valence electrons. The minimum absolute atomic E-state index is 0.694. The van der Waals surface area contributed by atoms with Gasteiger partial charge in [0.05, 0.1) is 6.33 Å². The Kier molecular flexibility index (Phi) is 4.08. The van der Waals surface area contributed by atoms with E-state index in [4.69, 9.17) is 0 Å². The van der Waals surface area contributed by atoms with Gasteiger partial charge in [-0.05, 0) is 51.7 Å². The van der Waals surface area contributed by atoms with E-state index in [-0.39, 0.29) is 0 Å². The summed E-state index contributed by atoms with van der Waals surface area (Å²) in [5.74, 6) is 0.694. The van der Waals surface area contributed by atoms with E-state index < -0.39 is 0 Å². The average Bonchev–Trinajstić information content (AvgIpc) is 3.36. The number of benzene rings is 2. The van der Waals surface area contributed by atoms with Gasteiger partial charge >= 0.3 is 0 Å². The zero-order valence-electron chi connectivity index (χ0n) is 13.9. The molecular formula is C19H18N6. The third-order valence-corrected chi connectivity index (χ3v) is 4.22. The van der Waals surface area contributed by atoms with Gasteiger partial charge in [-0.2, -0.15) is 0 Å². The summed E-state index contributed by atoms with van der Waals surface area (Å²) in [5.41, 5.74) is 5.85. The SMILES string of the molecule is CCCc1cc(-c2nnn[nH]2)ccc1-c1ccc(-n2ccnc2)cc1. The maximum Gasteiger partial charge on any atom is 0.179 e. The lowest BCUT2D eigenvalue weighted by Gasteiger charge is -2.12. The minimum Gasteiger partial charge on any atom is -0.306 e. The fourth-order valence-corrected chi connectivity index (χ4v) is 3.01. The molecular weight excluding hydrogens is 312 g/mol. The molecule has 2 heterocycles. The Hall–Kier alpha value is -3.28. The number of hydrogen-bond acceptors (Lipinski definition) is 4. The Balaban J connectivity index is 1.71. The molecule has 0 fully saturated rings. The molecule has 0 atom stereocenters. The standard InChI is InChI=1S/C19H18N6/c1-2-3-15-12-16(19-21-23-24-22-19)6-9-18(15)14-4-7-17(8-5-14)25-11-10-20-13-25/h4-13H,2-3H2,1H3,(H,21,22,23,24). The summed E-state index contributed by atoms with van der Waals surface area (Å²) >= 11 is 0. The Morgan fingerprint density at radius 1 is 1.04 bits per heavy atom. The number of nitrogens with zero attached hydrogens (tertiary/aromatic N) is 5. The highest BCUT2D eigenvalue weighted by Crippen LogP contribution is 2.29. The zero-order chi connectivity index (χ0) is 17.1. The number of H-pyrrole nitrogens is 1. The first-order valence-corrected chi connectivity index (χ1v) is 8.31. The topological polar surface area (TPSA) is 72.3 Å². The molecule has 6 heteroatoms. The zero-order valence-corrected chi connectivity index (χ0v) is 13.9. The van der Waals surface area contributed by atoms with E-state index in [1.165, 1.54) is 16.7 Å². The van der Waals surface area contributed by atoms with Crippen molar-refractivity contribution in [2.45, 2.75) is 19.8 Å². The third kappa shape index (κ3) is 3.06. The summed E-state index contributed by atoms with van der Waals surface area (Å²) in [6.45, 7) is 2.19. The summed E-state index contributed by atoms with van der Waals surface area (Å²) in [6.07, 6.45) is 7.62. The molecule has 2 aromatic carbocycles. The van der Waals surface area contributed by atoms with Crippen LogP contribution in [0.25, 0.3) is 28.2 Å². The van der Waals surface area contributed by atoms with Crippen molar-refractivity contribution in [1.82, 2.24) is 30.2 Å². The van der Waals surface area contributed by atoms with Crippen LogP contribution in [0, 0.1) is 0 Å². The fraction of sp³-hybridized carbons (Fsp3) is 0.158. The molecule has 0 saturated carbocycles. The van der Waals surface area contributed by atoms with Crippen molar-refractivity contribution in [1.29, 1.82) is 0 Å². The number of imidazole rings is 1. The minimum atomic E-state index is 0.694. The van der Waals surface area contributed by atoms with Gasteiger partial charge in [0, 0.05) is 23.6 Å². The van der Waals surface area contributed by atoms with Crippen molar-refractivity contribution >= 4 is 0 Å².